The van der Waals surface area contributed by atoms with E-state index < -0.39 is 0 Å². The number of hydrogen-bond acceptors (Lipinski definition) is 8. The van der Waals surface area contributed by atoms with Crippen molar-refractivity contribution in [1.82, 2.24) is 14.9 Å². The third kappa shape index (κ3) is 5.60. The molecule has 11 heteroatoms. The molecular formula is C19H18Cl2N4O3S2. The number of thioether (sulfide) groups is 1. The fourth-order valence-electron chi connectivity index (χ4n) is 2.90. The molecule has 1 atom stereocenters. The van der Waals surface area contributed by atoms with Crippen LogP contribution in [0.4, 0.5) is 5.82 Å². The van der Waals surface area contributed by atoms with E-state index in [-0.39, 0.29) is 34.0 Å². The van der Waals surface area contributed by atoms with Crippen LogP contribution in [-0.4, -0.2) is 56.0 Å². The van der Waals surface area contributed by atoms with Crippen LogP contribution in [0.1, 0.15) is 34.1 Å². The monoisotopic (exact) mass is 484 g/mol. The first-order chi connectivity index (χ1) is 14.4. The van der Waals surface area contributed by atoms with Crippen LogP contribution in [0.5, 0.6) is 0 Å². The minimum absolute atomic E-state index is 0.0325. The van der Waals surface area contributed by atoms with Crippen molar-refractivity contribution in [3.8, 4) is 0 Å². The summed E-state index contributed by atoms with van der Waals surface area (Å²) < 4.78 is 5.77. The van der Waals surface area contributed by atoms with Crippen molar-refractivity contribution in [2.75, 3.05) is 25.0 Å². The van der Waals surface area contributed by atoms with E-state index in [1.54, 1.807) is 30.3 Å². The van der Waals surface area contributed by atoms with E-state index >= 15 is 0 Å². The van der Waals surface area contributed by atoms with E-state index in [0.29, 0.717) is 40.9 Å². The van der Waals surface area contributed by atoms with Crippen LogP contribution in [0, 0.1) is 0 Å². The first-order valence-corrected chi connectivity index (χ1v) is 11.2. The number of aromatic nitrogens is 2. The minimum Gasteiger partial charge on any atom is -0.479 e. The Morgan fingerprint density at radius 2 is 1.90 bits per heavy atom. The first kappa shape index (κ1) is 22.7. The number of ether oxygens (including phenoxy) is 1. The van der Waals surface area contributed by atoms with Crippen molar-refractivity contribution in [3.05, 3.63) is 51.9 Å². The van der Waals surface area contributed by atoms with Crippen LogP contribution in [0.25, 0.3) is 0 Å². The fraction of sp³-hybridized carbons (Fsp3) is 0.316. The van der Waals surface area contributed by atoms with Gasteiger partial charge in [0.2, 0.25) is 9.67 Å². The Labute approximate surface area is 193 Å². The van der Waals surface area contributed by atoms with Crippen LogP contribution in [0.3, 0.4) is 0 Å². The lowest BCUT2D eigenvalue weighted by Crippen LogP contribution is -2.33. The molecule has 1 aromatic carbocycles. The number of rotatable bonds is 8. The van der Waals surface area contributed by atoms with Gasteiger partial charge >= 0.3 is 0 Å². The molecule has 0 saturated carbocycles. The number of halogens is 2. The van der Waals surface area contributed by atoms with E-state index in [4.69, 9.17) is 40.2 Å². The molecule has 0 bridgehead atoms. The SMILES string of the molecule is CCOC(=S)SC(CCN1C(=O)c2ccccc2C1=O)CNc1cc(Cl)nc(Cl)n1. The highest BCUT2D eigenvalue weighted by molar-refractivity contribution is 8.23. The molecule has 0 aliphatic carbocycles. The summed E-state index contributed by atoms with van der Waals surface area (Å²) in [6.07, 6.45) is 0.503. The highest BCUT2D eigenvalue weighted by Gasteiger charge is 2.35. The number of fused-ring (bicyclic) bond motifs is 1. The number of anilines is 1. The Kier molecular flexibility index (Phi) is 7.87. The zero-order valence-electron chi connectivity index (χ0n) is 15.9. The van der Waals surface area contributed by atoms with Gasteiger partial charge in [-0.3, -0.25) is 14.5 Å². The summed E-state index contributed by atoms with van der Waals surface area (Å²) in [6, 6.07) is 8.37. The highest BCUT2D eigenvalue weighted by atomic mass is 35.5. The summed E-state index contributed by atoms with van der Waals surface area (Å²) in [5, 5.41) is 3.30. The molecular weight excluding hydrogens is 467 g/mol. The number of benzene rings is 1. The lowest BCUT2D eigenvalue weighted by molar-refractivity contribution is 0.0653. The van der Waals surface area contributed by atoms with Gasteiger partial charge in [0.25, 0.3) is 11.8 Å². The second-order valence-corrected chi connectivity index (χ2v) is 8.87. The Balaban J connectivity index is 1.66. The predicted octanol–water partition coefficient (Wildman–Crippen LogP) is 4.30. The Morgan fingerprint density at radius 3 is 2.50 bits per heavy atom. The Bertz CT molecular complexity index is 921. The number of thiocarbonyl (C=S) groups is 1. The molecule has 0 radical (unpaired) electrons. The average molecular weight is 485 g/mol. The van der Waals surface area contributed by atoms with Gasteiger partial charge in [-0.1, -0.05) is 35.5 Å². The number of carbonyl (C=O) groups is 2. The van der Waals surface area contributed by atoms with Crippen molar-refractivity contribution in [1.29, 1.82) is 0 Å². The van der Waals surface area contributed by atoms with Gasteiger partial charge in [0.15, 0.2) is 0 Å². The Morgan fingerprint density at radius 1 is 1.23 bits per heavy atom. The van der Waals surface area contributed by atoms with Crippen molar-refractivity contribution >= 4 is 69.2 Å². The van der Waals surface area contributed by atoms with E-state index in [9.17, 15) is 9.59 Å². The van der Waals surface area contributed by atoms with Gasteiger partial charge in [0.05, 0.1) is 17.7 Å². The van der Waals surface area contributed by atoms with Crippen LogP contribution in [0.2, 0.25) is 10.4 Å². The maximum atomic E-state index is 12.6. The zero-order valence-corrected chi connectivity index (χ0v) is 19.1. The number of imide groups is 1. The summed E-state index contributed by atoms with van der Waals surface area (Å²) in [4.78, 5) is 34.3. The molecule has 2 aromatic rings. The summed E-state index contributed by atoms with van der Waals surface area (Å²) in [5.74, 6) is -0.100. The van der Waals surface area contributed by atoms with Gasteiger partial charge in [0.1, 0.15) is 11.0 Å². The third-order valence-electron chi connectivity index (χ3n) is 4.26. The number of nitrogens with one attached hydrogen (secondary N) is 1. The molecule has 0 fully saturated rings. The van der Waals surface area contributed by atoms with Gasteiger partial charge in [-0.05, 0) is 49.3 Å². The topological polar surface area (TPSA) is 84.4 Å². The van der Waals surface area contributed by atoms with E-state index in [2.05, 4.69) is 15.3 Å². The third-order valence-corrected chi connectivity index (χ3v) is 6.07. The minimum atomic E-state index is -0.283. The first-order valence-electron chi connectivity index (χ1n) is 9.11. The largest absolute Gasteiger partial charge is 0.479 e. The maximum Gasteiger partial charge on any atom is 0.261 e. The fourth-order valence-corrected chi connectivity index (χ4v) is 4.69. The molecule has 2 heterocycles. The van der Waals surface area contributed by atoms with Crippen LogP contribution >= 0.6 is 47.2 Å². The smallest absolute Gasteiger partial charge is 0.261 e. The molecule has 0 spiro atoms. The number of carbonyl (C=O) groups excluding carboxylic acids is 2. The second kappa shape index (κ2) is 10.4. The van der Waals surface area contributed by atoms with Gasteiger partial charge < -0.3 is 10.1 Å². The molecule has 1 aliphatic rings. The molecule has 30 heavy (non-hydrogen) atoms. The van der Waals surface area contributed by atoms with Gasteiger partial charge in [-0.25, -0.2) is 9.97 Å². The molecule has 1 N–H and O–H groups in total. The Hall–Kier alpha value is -1.94. The van der Waals surface area contributed by atoms with Crippen molar-refractivity contribution in [3.63, 3.8) is 0 Å². The molecule has 0 saturated heterocycles. The van der Waals surface area contributed by atoms with Crippen molar-refractivity contribution < 1.29 is 14.3 Å². The zero-order chi connectivity index (χ0) is 21.7. The predicted molar refractivity (Wildman–Crippen MR) is 123 cm³/mol. The summed E-state index contributed by atoms with van der Waals surface area (Å²) >= 11 is 18.4. The van der Waals surface area contributed by atoms with Gasteiger partial charge in [-0.2, -0.15) is 0 Å². The standard InChI is InChI=1S/C19H18Cl2N4O3S2/c1-2-28-19(29)30-11(10-22-15-9-14(20)23-18(21)24-15)7-8-25-16(26)12-5-3-4-6-13(12)17(25)27/h3-6,9,11H,2,7-8,10H2,1H3,(H,22,23,24). The van der Waals surface area contributed by atoms with E-state index in [1.807, 2.05) is 6.92 Å². The second-order valence-electron chi connectivity index (χ2n) is 6.24. The van der Waals surface area contributed by atoms with Crippen LogP contribution in [-0.2, 0) is 4.74 Å². The van der Waals surface area contributed by atoms with Gasteiger partial charge in [0, 0.05) is 24.4 Å². The van der Waals surface area contributed by atoms with E-state index in [0.717, 1.165) is 0 Å². The van der Waals surface area contributed by atoms with Crippen LogP contribution in [0.15, 0.2) is 30.3 Å². The summed E-state index contributed by atoms with van der Waals surface area (Å²) in [6.45, 7) is 3.00. The highest BCUT2D eigenvalue weighted by Crippen LogP contribution is 2.25. The van der Waals surface area contributed by atoms with E-state index in [1.165, 1.54) is 16.7 Å². The lowest BCUT2D eigenvalue weighted by atomic mass is 10.1. The molecule has 1 aromatic heterocycles. The number of hydrogen-bond donors (Lipinski definition) is 1. The average Bonchev–Trinajstić information content (AvgIpc) is 2.94. The summed E-state index contributed by atoms with van der Waals surface area (Å²) in [5.41, 5.74) is 0.861. The van der Waals surface area contributed by atoms with Gasteiger partial charge in [-0.15, -0.1) is 0 Å². The number of amides is 2. The molecule has 158 valence electrons. The normalized spacial score (nSPS) is 13.9. The molecule has 1 unspecified atom stereocenters. The van der Waals surface area contributed by atoms with Crippen LogP contribution < -0.4 is 5.32 Å². The maximum absolute atomic E-state index is 12.6. The molecule has 3 rings (SSSR count). The quantitative estimate of drug-likeness (QED) is 0.256. The number of nitrogens with zero attached hydrogens (tertiary/aromatic N) is 3. The van der Waals surface area contributed by atoms with Crippen molar-refractivity contribution in [2.45, 2.75) is 18.6 Å². The van der Waals surface area contributed by atoms with Crippen molar-refractivity contribution in [2.24, 2.45) is 0 Å². The molecule has 7 nitrogen and oxygen atoms in total. The molecule has 2 amide bonds. The lowest BCUT2D eigenvalue weighted by Gasteiger charge is -2.21. The molecule has 1 aliphatic heterocycles. The summed E-state index contributed by atoms with van der Waals surface area (Å²) in [7, 11) is 0.